The van der Waals surface area contributed by atoms with Crippen molar-refractivity contribution in [3.63, 3.8) is 0 Å². The first kappa shape index (κ1) is 18.5. The van der Waals surface area contributed by atoms with Crippen molar-refractivity contribution in [3.05, 3.63) is 58.3 Å². The van der Waals surface area contributed by atoms with Gasteiger partial charge in [0.15, 0.2) is 0 Å². The van der Waals surface area contributed by atoms with Gasteiger partial charge in [-0.3, -0.25) is 4.79 Å². The number of ether oxygens (including phenoxy) is 1. The first-order valence-electron chi connectivity index (χ1n) is 8.70. The van der Waals surface area contributed by atoms with Crippen molar-refractivity contribution in [3.8, 4) is 0 Å². The number of nitrogens with one attached hydrogen (secondary N) is 1. The van der Waals surface area contributed by atoms with Crippen LogP contribution in [0.2, 0.25) is 0 Å². The van der Waals surface area contributed by atoms with E-state index in [0.29, 0.717) is 13.2 Å². The zero-order valence-electron chi connectivity index (χ0n) is 14.7. The Morgan fingerprint density at radius 3 is 2.73 bits per heavy atom. The molecule has 2 heterocycles. The van der Waals surface area contributed by atoms with Crippen LogP contribution in [0.5, 0.6) is 0 Å². The van der Waals surface area contributed by atoms with Crippen LogP contribution in [0, 0.1) is 0 Å². The zero-order chi connectivity index (χ0) is 18.5. The molecule has 0 bridgehead atoms. The molecule has 2 aromatic rings. The molecule has 7 heteroatoms. The van der Waals surface area contributed by atoms with Gasteiger partial charge in [0.25, 0.3) is 0 Å². The lowest BCUT2D eigenvalue weighted by Gasteiger charge is -2.37. The van der Waals surface area contributed by atoms with Crippen molar-refractivity contribution in [2.45, 2.75) is 25.9 Å². The summed E-state index contributed by atoms with van der Waals surface area (Å²) in [4.78, 5) is 26.0. The van der Waals surface area contributed by atoms with E-state index in [1.165, 1.54) is 0 Å². The molecule has 1 aliphatic rings. The van der Waals surface area contributed by atoms with E-state index in [0.717, 1.165) is 22.3 Å². The summed E-state index contributed by atoms with van der Waals surface area (Å²) in [6.07, 6.45) is 2.21. The highest BCUT2D eigenvalue weighted by atomic mass is 79.9. The lowest BCUT2D eigenvalue weighted by atomic mass is 10.0. The summed E-state index contributed by atoms with van der Waals surface area (Å²) in [7, 11) is 0. The van der Waals surface area contributed by atoms with Crippen LogP contribution in [-0.4, -0.2) is 41.2 Å². The standard InChI is InChI=1S/C19H22BrN3O3/c1-2-26-17(24)9-10-21-19(25)23-13-12-22-11-3-4-16(22)18(23)14-5-7-15(20)8-6-14/h3-8,11,18H,2,9-10,12-13H2,1H3,(H,21,25)/t18-/m1/s1. The Hall–Kier alpha value is -2.28. The largest absolute Gasteiger partial charge is 0.466 e. The molecular weight excluding hydrogens is 398 g/mol. The normalized spacial score (nSPS) is 16.1. The number of fused-ring (bicyclic) bond motifs is 1. The van der Waals surface area contributed by atoms with Gasteiger partial charge >= 0.3 is 12.0 Å². The number of aromatic nitrogens is 1. The molecule has 1 atom stereocenters. The number of esters is 1. The summed E-state index contributed by atoms with van der Waals surface area (Å²) in [5, 5.41) is 2.84. The summed E-state index contributed by atoms with van der Waals surface area (Å²) in [5.74, 6) is -0.301. The molecule has 0 unspecified atom stereocenters. The number of amides is 2. The molecule has 6 nitrogen and oxygen atoms in total. The van der Waals surface area contributed by atoms with Crippen molar-refractivity contribution in [1.29, 1.82) is 0 Å². The number of carbonyl (C=O) groups excluding carboxylic acids is 2. The maximum absolute atomic E-state index is 12.8. The van der Waals surface area contributed by atoms with Gasteiger partial charge in [0.05, 0.1) is 19.1 Å². The monoisotopic (exact) mass is 419 g/mol. The average molecular weight is 420 g/mol. The quantitative estimate of drug-likeness (QED) is 0.755. The van der Waals surface area contributed by atoms with E-state index in [1.807, 2.05) is 47.5 Å². The summed E-state index contributed by atoms with van der Waals surface area (Å²) in [5.41, 5.74) is 2.13. The molecule has 0 saturated carbocycles. The van der Waals surface area contributed by atoms with E-state index in [4.69, 9.17) is 4.74 Å². The number of hydrogen-bond acceptors (Lipinski definition) is 3. The minimum Gasteiger partial charge on any atom is -0.466 e. The van der Waals surface area contributed by atoms with Crippen LogP contribution < -0.4 is 5.32 Å². The molecular formula is C19H22BrN3O3. The second-order valence-electron chi connectivity index (χ2n) is 6.06. The average Bonchev–Trinajstić information content (AvgIpc) is 3.10. The summed E-state index contributed by atoms with van der Waals surface area (Å²) >= 11 is 3.46. The smallest absolute Gasteiger partial charge is 0.318 e. The molecule has 26 heavy (non-hydrogen) atoms. The third-order valence-electron chi connectivity index (χ3n) is 4.40. The summed E-state index contributed by atoms with van der Waals surface area (Å²) in [6, 6.07) is 11.7. The number of benzene rings is 1. The van der Waals surface area contributed by atoms with E-state index in [9.17, 15) is 9.59 Å². The number of carbonyl (C=O) groups is 2. The number of rotatable bonds is 5. The molecule has 0 fully saturated rings. The van der Waals surface area contributed by atoms with Crippen LogP contribution in [0.15, 0.2) is 47.1 Å². The zero-order valence-corrected chi connectivity index (χ0v) is 16.2. The molecule has 0 saturated heterocycles. The van der Waals surface area contributed by atoms with Gasteiger partial charge < -0.3 is 19.5 Å². The van der Waals surface area contributed by atoms with Gasteiger partial charge in [-0.25, -0.2) is 4.79 Å². The van der Waals surface area contributed by atoms with Crippen LogP contribution in [-0.2, 0) is 16.1 Å². The number of hydrogen-bond donors (Lipinski definition) is 1. The summed E-state index contributed by atoms with van der Waals surface area (Å²) < 4.78 is 8.07. The lowest BCUT2D eigenvalue weighted by Crippen LogP contribution is -2.47. The predicted octanol–water partition coefficient (Wildman–Crippen LogP) is 3.32. The van der Waals surface area contributed by atoms with Gasteiger partial charge in [-0.05, 0) is 36.8 Å². The van der Waals surface area contributed by atoms with E-state index < -0.39 is 0 Å². The maximum atomic E-state index is 12.8. The van der Waals surface area contributed by atoms with Crippen LogP contribution in [0.1, 0.15) is 30.6 Å². The Balaban J connectivity index is 1.75. The number of nitrogens with zero attached hydrogens (tertiary/aromatic N) is 2. The van der Waals surface area contributed by atoms with Crippen LogP contribution in [0.4, 0.5) is 4.79 Å². The molecule has 1 aromatic carbocycles. The van der Waals surface area contributed by atoms with Gasteiger partial charge in [-0.2, -0.15) is 0 Å². The maximum Gasteiger partial charge on any atom is 0.318 e. The second kappa shape index (κ2) is 8.40. The molecule has 2 amide bonds. The predicted molar refractivity (Wildman–Crippen MR) is 102 cm³/mol. The van der Waals surface area contributed by atoms with Crippen LogP contribution >= 0.6 is 15.9 Å². The lowest BCUT2D eigenvalue weighted by molar-refractivity contribution is -0.142. The third-order valence-corrected chi connectivity index (χ3v) is 4.92. The Morgan fingerprint density at radius 1 is 1.23 bits per heavy atom. The van der Waals surface area contributed by atoms with Crippen LogP contribution in [0.3, 0.4) is 0 Å². The van der Waals surface area contributed by atoms with Gasteiger partial charge in [-0.1, -0.05) is 28.1 Å². The van der Waals surface area contributed by atoms with E-state index in [2.05, 4.69) is 25.8 Å². The first-order valence-corrected chi connectivity index (χ1v) is 9.50. The fourth-order valence-electron chi connectivity index (χ4n) is 3.20. The molecule has 1 aromatic heterocycles. The Labute approximate surface area is 161 Å². The topological polar surface area (TPSA) is 63.6 Å². The fraction of sp³-hybridized carbons (Fsp3) is 0.368. The van der Waals surface area contributed by atoms with Crippen LogP contribution in [0.25, 0.3) is 0 Å². The Morgan fingerprint density at radius 2 is 2.00 bits per heavy atom. The highest BCUT2D eigenvalue weighted by Crippen LogP contribution is 2.32. The van der Waals surface area contributed by atoms with Crippen molar-refractivity contribution in [2.24, 2.45) is 0 Å². The third kappa shape index (κ3) is 4.09. The Bertz CT molecular complexity index is 773. The molecule has 138 valence electrons. The van der Waals surface area contributed by atoms with Gasteiger partial charge in [0.2, 0.25) is 0 Å². The number of halogens is 1. The minimum atomic E-state index is -0.301. The van der Waals surface area contributed by atoms with Gasteiger partial charge in [-0.15, -0.1) is 0 Å². The van der Waals surface area contributed by atoms with Gasteiger partial charge in [0.1, 0.15) is 0 Å². The molecule has 3 rings (SSSR count). The molecule has 0 spiro atoms. The Kier molecular flexibility index (Phi) is 5.98. The number of urea groups is 1. The minimum absolute atomic E-state index is 0.158. The van der Waals surface area contributed by atoms with Crippen molar-refractivity contribution < 1.29 is 14.3 Å². The fourth-order valence-corrected chi connectivity index (χ4v) is 3.47. The first-order chi connectivity index (χ1) is 12.6. The van der Waals surface area contributed by atoms with E-state index in [-0.39, 0.29) is 31.0 Å². The highest BCUT2D eigenvalue weighted by Gasteiger charge is 2.32. The van der Waals surface area contributed by atoms with Gasteiger partial charge in [0, 0.05) is 36.0 Å². The molecule has 0 aliphatic carbocycles. The second-order valence-corrected chi connectivity index (χ2v) is 6.98. The highest BCUT2D eigenvalue weighted by molar-refractivity contribution is 9.10. The molecule has 1 aliphatic heterocycles. The summed E-state index contributed by atoms with van der Waals surface area (Å²) in [6.45, 7) is 3.74. The van der Waals surface area contributed by atoms with Crippen molar-refractivity contribution in [2.75, 3.05) is 19.7 Å². The molecule has 0 radical (unpaired) electrons. The van der Waals surface area contributed by atoms with E-state index >= 15 is 0 Å². The SMILES string of the molecule is CCOC(=O)CCNC(=O)N1CCn2cccc2[C@H]1c1ccc(Br)cc1. The van der Waals surface area contributed by atoms with Crippen molar-refractivity contribution >= 4 is 27.9 Å². The van der Waals surface area contributed by atoms with E-state index in [1.54, 1.807) is 6.92 Å². The van der Waals surface area contributed by atoms with Crippen molar-refractivity contribution in [1.82, 2.24) is 14.8 Å². The molecule has 1 N–H and O–H groups in total.